The van der Waals surface area contributed by atoms with E-state index < -0.39 is 0 Å². The molecule has 0 saturated carbocycles. The Balaban J connectivity index is 1.46. The van der Waals surface area contributed by atoms with Gasteiger partial charge in [0.15, 0.2) is 0 Å². The van der Waals surface area contributed by atoms with E-state index in [1.807, 2.05) is 55.6 Å². The third-order valence-corrected chi connectivity index (χ3v) is 4.31. The lowest BCUT2D eigenvalue weighted by molar-refractivity contribution is 0.102. The van der Waals surface area contributed by atoms with E-state index in [9.17, 15) is 4.79 Å². The van der Waals surface area contributed by atoms with Crippen LogP contribution in [0.2, 0.25) is 0 Å². The highest BCUT2D eigenvalue weighted by Crippen LogP contribution is 2.19. The van der Waals surface area contributed by atoms with Gasteiger partial charge in [-0.15, -0.1) is 0 Å². The highest BCUT2D eigenvalue weighted by atomic mass is 16.1. The van der Waals surface area contributed by atoms with E-state index in [0.29, 0.717) is 11.4 Å². The van der Waals surface area contributed by atoms with Crippen molar-refractivity contribution in [3.05, 3.63) is 89.4 Å². The lowest BCUT2D eigenvalue weighted by atomic mass is 10.1. The number of rotatable bonds is 4. The van der Waals surface area contributed by atoms with Crippen LogP contribution in [0.4, 0.5) is 5.82 Å². The standard InChI is InChI=1S/C21H18N4O/c1-14-4-7-16(8-5-14)21(26)25-19-9-6-15(12-23-19)11-17-13-24-20-18(17)3-2-10-22-20/h2-10,12-13H,11H2,1H3,(H,22,24)(H,23,25,26). The van der Waals surface area contributed by atoms with Gasteiger partial charge in [-0.2, -0.15) is 0 Å². The molecule has 5 heteroatoms. The summed E-state index contributed by atoms with van der Waals surface area (Å²) in [7, 11) is 0. The Bertz CT molecular complexity index is 1050. The Labute approximate surface area is 151 Å². The zero-order chi connectivity index (χ0) is 17.9. The molecular formula is C21H18N4O. The molecule has 1 aromatic carbocycles. The highest BCUT2D eigenvalue weighted by molar-refractivity contribution is 6.03. The van der Waals surface area contributed by atoms with Gasteiger partial charge in [0, 0.05) is 36.0 Å². The summed E-state index contributed by atoms with van der Waals surface area (Å²) in [6, 6.07) is 15.2. The zero-order valence-electron chi connectivity index (χ0n) is 14.4. The fourth-order valence-corrected chi connectivity index (χ4v) is 2.88. The molecule has 0 aliphatic carbocycles. The minimum absolute atomic E-state index is 0.159. The van der Waals surface area contributed by atoms with Crippen molar-refractivity contribution in [1.29, 1.82) is 0 Å². The summed E-state index contributed by atoms with van der Waals surface area (Å²) >= 11 is 0. The third-order valence-electron chi connectivity index (χ3n) is 4.31. The van der Waals surface area contributed by atoms with Crippen molar-refractivity contribution in [2.45, 2.75) is 13.3 Å². The number of anilines is 1. The predicted molar refractivity (Wildman–Crippen MR) is 102 cm³/mol. The Morgan fingerprint density at radius 2 is 1.92 bits per heavy atom. The molecule has 3 aromatic heterocycles. The Hall–Kier alpha value is -3.47. The van der Waals surface area contributed by atoms with E-state index in [0.717, 1.165) is 28.6 Å². The number of fused-ring (bicyclic) bond motifs is 1. The molecule has 0 radical (unpaired) electrons. The van der Waals surface area contributed by atoms with Crippen LogP contribution in [0.3, 0.4) is 0 Å². The molecule has 0 unspecified atom stereocenters. The summed E-state index contributed by atoms with van der Waals surface area (Å²) < 4.78 is 0. The molecule has 5 nitrogen and oxygen atoms in total. The number of aromatic nitrogens is 3. The number of carbonyl (C=O) groups excluding carboxylic acids is 1. The molecular weight excluding hydrogens is 324 g/mol. The maximum atomic E-state index is 12.3. The fraction of sp³-hybridized carbons (Fsp3) is 0.0952. The van der Waals surface area contributed by atoms with E-state index >= 15 is 0 Å². The second-order valence-electron chi connectivity index (χ2n) is 6.26. The normalized spacial score (nSPS) is 10.8. The molecule has 0 bridgehead atoms. The summed E-state index contributed by atoms with van der Waals surface area (Å²) in [6.45, 7) is 1.99. The first-order valence-corrected chi connectivity index (χ1v) is 8.43. The molecule has 128 valence electrons. The van der Waals surface area contributed by atoms with Crippen LogP contribution in [-0.4, -0.2) is 20.9 Å². The van der Waals surface area contributed by atoms with Crippen LogP contribution in [-0.2, 0) is 6.42 Å². The molecule has 26 heavy (non-hydrogen) atoms. The van der Waals surface area contributed by atoms with Crippen molar-refractivity contribution >= 4 is 22.8 Å². The van der Waals surface area contributed by atoms with Gasteiger partial charge in [-0.05, 0) is 48.4 Å². The molecule has 3 heterocycles. The summed E-state index contributed by atoms with van der Waals surface area (Å²) in [6.07, 6.45) is 6.30. The molecule has 1 amide bonds. The second-order valence-corrected chi connectivity index (χ2v) is 6.26. The van der Waals surface area contributed by atoms with E-state index in [2.05, 4.69) is 26.3 Å². The summed E-state index contributed by atoms with van der Waals surface area (Å²) in [5.74, 6) is 0.382. The van der Waals surface area contributed by atoms with Crippen molar-refractivity contribution < 1.29 is 4.79 Å². The number of carbonyl (C=O) groups is 1. The van der Waals surface area contributed by atoms with Gasteiger partial charge in [0.05, 0.1) is 0 Å². The zero-order valence-corrected chi connectivity index (χ0v) is 14.4. The topological polar surface area (TPSA) is 70.7 Å². The van der Waals surface area contributed by atoms with Crippen LogP contribution in [0.15, 0.2) is 67.1 Å². The van der Waals surface area contributed by atoms with Gasteiger partial charge in [-0.25, -0.2) is 9.97 Å². The van der Waals surface area contributed by atoms with Crippen LogP contribution in [0.5, 0.6) is 0 Å². The average molecular weight is 342 g/mol. The molecule has 0 spiro atoms. The van der Waals surface area contributed by atoms with Crippen molar-refractivity contribution in [1.82, 2.24) is 15.0 Å². The number of amides is 1. The van der Waals surface area contributed by atoms with Gasteiger partial charge in [0.2, 0.25) is 0 Å². The number of pyridine rings is 2. The van der Waals surface area contributed by atoms with Crippen LogP contribution < -0.4 is 5.32 Å². The second kappa shape index (κ2) is 6.80. The highest BCUT2D eigenvalue weighted by Gasteiger charge is 2.08. The van der Waals surface area contributed by atoms with Gasteiger partial charge >= 0.3 is 0 Å². The van der Waals surface area contributed by atoms with E-state index in [4.69, 9.17) is 0 Å². The Morgan fingerprint density at radius 3 is 2.69 bits per heavy atom. The third kappa shape index (κ3) is 3.32. The largest absolute Gasteiger partial charge is 0.346 e. The Kier molecular flexibility index (Phi) is 4.19. The maximum absolute atomic E-state index is 12.3. The van der Waals surface area contributed by atoms with Gasteiger partial charge in [-0.3, -0.25) is 4.79 Å². The van der Waals surface area contributed by atoms with Gasteiger partial charge in [-0.1, -0.05) is 23.8 Å². The number of hydrogen-bond acceptors (Lipinski definition) is 3. The first-order chi connectivity index (χ1) is 12.7. The SMILES string of the molecule is Cc1ccc(C(=O)Nc2ccc(Cc3c[nH]c4ncccc34)cn2)cc1. The quantitative estimate of drug-likeness (QED) is 0.586. The molecule has 0 saturated heterocycles. The average Bonchev–Trinajstić information content (AvgIpc) is 3.07. The van der Waals surface area contributed by atoms with Gasteiger partial charge in [0.1, 0.15) is 11.5 Å². The van der Waals surface area contributed by atoms with Crippen LogP contribution in [0.1, 0.15) is 27.0 Å². The van der Waals surface area contributed by atoms with E-state index in [1.54, 1.807) is 12.4 Å². The maximum Gasteiger partial charge on any atom is 0.256 e. The number of aryl methyl sites for hydroxylation is 1. The van der Waals surface area contributed by atoms with Crippen LogP contribution in [0.25, 0.3) is 11.0 Å². The summed E-state index contributed by atoms with van der Waals surface area (Å²) in [5.41, 5.74) is 4.87. The number of hydrogen-bond donors (Lipinski definition) is 2. The van der Waals surface area contributed by atoms with Crippen molar-refractivity contribution in [3.63, 3.8) is 0 Å². The number of nitrogens with one attached hydrogen (secondary N) is 2. The minimum Gasteiger partial charge on any atom is -0.346 e. The summed E-state index contributed by atoms with van der Waals surface area (Å²) in [5, 5.41) is 3.94. The molecule has 0 atom stereocenters. The molecule has 0 aliphatic rings. The predicted octanol–water partition coefficient (Wildman–Crippen LogP) is 4.11. The van der Waals surface area contributed by atoms with Crippen LogP contribution >= 0.6 is 0 Å². The summed E-state index contributed by atoms with van der Waals surface area (Å²) in [4.78, 5) is 24.1. The minimum atomic E-state index is -0.159. The van der Waals surface area contributed by atoms with Gasteiger partial charge in [0.25, 0.3) is 5.91 Å². The van der Waals surface area contributed by atoms with Crippen molar-refractivity contribution in [2.75, 3.05) is 5.32 Å². The van der Waals surface area contributed by atoms with Gasteiger partial charge < -0.3 is 10.3 Å². The fourth-order valence-electron chi connectivity index (χ4n) is 2.88. The lowest BCUT2D eigenvalue weighted by Crippen LogP contribution is -2.12. The van der Waals surface area contributed by atoms with Crippen molar-refractivity contribution in [2.24, 2.45) is 0 Å². The number of nitrogens with zero attached hydrogens (tertiary/aromatic N) is 2. The van der Waals surface area contributed by atoms with E-state index in [-0.39, 0.29) is 5.91 Å². The molecule has 0 aliphatic heterocycles. The van der Waals surface area contributed by atoms with E-state index in [1.165, 1.54) is 5.56 Å². The smallest absolute Gasteiger partial charge is 0.256 e. The molecule has 0 fully saturated rings. The number of benzene rings is 1. The van der Waals surface area contributed by atoms with Crippen molar-refractivity contribution in [3.8, 4) is 0 Å². The number of H-pyrrole nitrogens is 1. The molecule has 4 aromatic rings. The number of aromatic amines is 1. The molecule has 2 N–H and O–H groups in total. The monoisotopic (exact) mass is 342 g/mol. The first kappa shape index (κ1) is 16.0. The van der Waals surface area contributed by atoms with Crippen LogP contribution in [0, 0.1) is 6.92 Å². The Morgan fingerprint density at radius 1 is 1.08 bits per heavy atom. The lowest BCUT2D eigenvalue weighted by Gasteiger charge is -2.06. The first-order valence-electron chi connectivity index (χ1n) is 8.43. The molecule has 4 rings (SSSR count).